The molecule has 1 aliphatic heterocycles. The Bertz CT molecular complexity index is 286. The lowest BCUT2D eigenvalue weighted by molar-refractivity contribution is -0.125. The van der Waals surface area contributed by atoms with Gasteiger partial charge in [-0.1, -0.05) is 0 Å². The molecule has 0 aromatic rings. The van der Waals surface area contributed by atoms with Gasteiger partial charge in [-0.3, -0.25) is 9.00 Å². The summed E-state index contributed by atoms with van der Waals surface area (Å²) in [6.07, 6.45) is 2.02. The van der Waals surface area contributed by atoms with E-state index in [0.717, 1.165) is 25.9 Å². The molecule has 0 aliphatic carbocycles. The van der Waals surface area contributed by atoms with Crippen molar-refractivity contribution in [3.63, 3.8) is 0 Å². The molecule has 1 heterocycles. The minimum atomic E-state index is -0.889. The lowest BCUT2D eigenvalue weighted by atomic mass is 9.99. The average molecular weight is 297 g/mol. The molecular weight excluding hydrogens is 272 g/mol. The van der Waals surface area contributed by atoms with Crippen LogP contribution in [0.3, 0.4) is 0 Å². The molecule has 0 aromatic heterocycles. The van der Waals surface area contributed by atoms with E-state index in [2.05, 4.69) is 10.6 Å². The zero-order chi connectivity index (χ0) is 12.9. The molecule has 2 unspecified atom stereocenters. The molecule has 108 valence electrons. The van der Waals surface area contributed by atoms with Crippen LogP contribution < -0.4 is 10.6 Å². The Morgan fingerprint density at radius 3 is 2.61 bits per heavy atom. The van der Waals surface area contributed by atoms with Gasteiger partial charge in [-0.15, -0.1) is 12.4 Å². The maximum atomic E-state index is 11.8. The number of halogens is 1. The maximum Gasteiger partial charge on any atom is 0.224 e. The topological polar surface area (TPSA) is 58.2 Å². The number of amides is 1. The second kappa shape index (κ2) is 8.12. The van der Waals surface area contributed by atoms with Gasteiger partial charge in [0.05, 0.1) is 5.92 Å². The van der Waals surface area contributed by atoms with E-state index in [-0.39, 0.29) is 29.0 Å². The average Bonchev–Trinajstić information content (AvgIpc) is 2.28. The molecule has 1 saturated heterocycles. The second-order valence-electron chi connectivity index (χ2n) is 5.50. The summed E-state index contributed by atoms with van der Waals surface area (Å²) in [5.41, 5.74) is 0. The van der Waals surface area contributed by atoms with E-state index < -0.39 is 10.8 Å². The van der Waals surface area contributed by atoms with E-state index in [4.69, 9.17) is 0 Å². The Balaban J connectivity index is 0.00000289. The number of piperidine rings is 1. The number of nitrogens with one attached hydrogen (secondary N) is 2. The molecule has 0 aromatic carbocycles. The lowest BCUT2D eigenvalue weighted by Crippen LogP contribution is -2.42. The van der Waals surface area contributed by atoms with Crippen molar-refractivity contribution in [2.45, 2.75) is 38.4 Å². The van der Waals surface area contributed by atoms with Crippen molar-refractivity contribution < 1.29 is 9.00 Å². The van der Waals surface area contributed by atoms with E-state index >= 15 is 0 Å². The second-order valence-corrected chi connectivity index (χ2v) is 7.82. The van der Waals surface area contributed by atoms with E-state index in [0.29, 0.717) is 12.3 Å². The van der Waals surface area contributed by atoms with Crippen molar-refractivity contribution in [1.29, 1.82) is 0 Å². The summed E-state index contributed by atoms with van der Waals surface area (Å²) in [4.78, 5) is 11.8. The van der Waals surface area contributed by atoms with Crippen LogP contribution in [0.5, 0.6) is 0 Å². The Kier molecular flexibility index (Phi) is 8.06. The van der Waals surface area contributed by atoms with E-state index in [1.54, 1.807) is 0 Å². The molecule has 1 amide bonds. The third kappa shape index (κ3) is 6.16. The molecule has 0 bridgehead atoms. The Hall–Kier alpha value is -0.130. The predicted octanol–water partition coefficient (Wildman–Crippen LogP) is 1.07. The summed E-state index contributed by atoms with van der Waals surface area (Å²) in [5, 5.41) is 6.10. The molecule has 0 spiro atoms. The summed E-state index contributed by atoms with van der Waals surface area (Å²) in [7, 11) is -0.889. The third-order valence-electron chi connectivity index (χ3n) is 2.94. The van der Waals surface area contributed by atoms with Crippen molar-refractivity contribution in [3.8, 4) is 0 Å². The molecule has 0 saturated carbocycles. The molecule has 4 nitrogen and oxygen atoms in total. The van der Waals surface area contributed by atoms with Gasteiger partial charge in [0.1, 0.15) is 0 Å². The number of hydrogen-bond donors (Lipinski definition) is 2. The minimum absolute atomic E-state index is 0. The fourth-order valence-electron chi connectivity index (χ4n) is 1.79. The number of hydrogen-bond acceptors (Lipinski definition) is 3. The van der Waals surface area contributed by atoms with Crippen LogP contribution >= 0.6 is 12.4 Å². The SMILES string of the molecule is CC(C)(C)S(=O)CCNC(=O)C1CCCNC1.Cl. The highest BCUT2D eigenvalue weighted by atomic mass is 35.5. The van der Waals surface area contributed by atoms with Crippen LogP contribution in [0.15, 0.2) is 0 Å². The van der Waals surface area contributed by atoms with Gasteiger partial charge in [-0.2, -0.15) is 0 Å². The minimum Gasteiger partial charge on any atom is -0.355 e. The first-order valence-corrected chi connectivity index (χ1v) is 7.60. The predicted molar refractivity (Wildman–Crippen MR) is 78.6 cm³/mol. The van der Waals surface area contributed by atoms with Gasteiger partial charge >= 0.3 is 0 Å². The Morgan fingerprint density at radius 1 is 1.44 bits per heavy atom. The van der Waals surface area contributed by atoms with Gasteiger partial charge in [0.25, 0.3) is 0 Å². The van der Waals surface area contributed by atoms with Crippen LogP contribution in [0.4, 0.5) is 0 Å². The lowest BCUT2D eigenvalue weighted by Gasteiger charge is -2.22. The molecule has 1 rings (SSSR count). The van der Waals surface area contributed by atoms with Gasteiger partial charge in [0.2, 0.25) is 5.91 Å². The summed E-state index contributed by atoms with van der Waals surface area (Å²) in [5.74, 6) is 0.727. The molecule has 2 N–H and O–H groups in total. The largest absolute Gasteiger partial charge is 0.355 e. The van der Waals surface area contributed by atoms with E-state index in [1.807, 2.05) is 20.8 Å². The first-order chi connectivity index (χ1) is 7.91. The maximum absolute atomic E-state index is 11.8. The van der Waals surface area contributed by atoms with E-state index in [9.17, 15) is 9.00 Å². The third-order valence-corrected chi connectivity index (χ3v) is 4.88. The van der Waals surface area contributed by atoms with Crippen molar-refractivity contribution in [3.05, 3.63) is 0 Å². The highest BCUT2D eigenvalue weighted by Gasteiger charge is 2.22. The number of carbonyl (C=O) groups is 1. The summed E-state index contributed by atoms with van der Waals surface area (Å²) < 4.78 is 11.6. The summed E-state index contributed by atoms with van der Waals surface area (Å²) in [6, 6.07) is 0. The van der Waals surface area contributed by atoms with Crippen LogP contribution in [0, 0.1) is 5.92 Å². The van der Waals surface area contributed by atoms with Crippen LogP contribution in [0.1, 0.15) is 33.6 Å². The van der Waals surface area contributed by atoms with Crippen LogP contribution in [-0.4, -0.2) is 40.3 Å². The summed E-state index contributed by atoms with van der Waals surface area (Å²) >= 11 is 0. The standard InChI is InChI=1S/C12H24N2O2S.ClH/c1-12(2,3)17(16)8-7-14-11(15)10-5-4-6-13-9-10;/h10,13H,4-9H2,1-3H3,(H,14,15);1H. The van der Waals surface area contributed by atoms with Crippen LogP contribution in [0.25, 0.3) is 0 Å². The molecule has 1 fully saturated rings. The van der Waals surface area contributed by atoms with Crippen molar-refractivity contribution in [2.24, 2.45) is 5.92 Å². The zero-order valence-corrected chi connectivity index (χ0v) is 13.1. The van der Waals surface area contributed by atoms with Crippen LogP contribution in [-0.2, 0) is 15.6 Å². The van der Waals surface area contributed by atoms with Gasteiger partial charge in [0.15, 0.2) is 0 Å². The van der Waals surface area contributed by atoms with Crippen LogP contribution in [0.2, 0.25) is 0 Å². The normalized spacial score (nSPS) is 21.8. The first kappa shape index (κ1) is 17.9. The molecular formula is C12H25ClN2O2S. The molecule has 0 radical (unpaired) electrons. The molecule has 1 aliphatic rings. The fourth-order valence-corrected chi connectivity index (χ4v) is 2.69. The van der Waals surface area contributed by atoms with Gasteiger partial charge in [0, 0.05) is 34.4 Å². The van der Waals surface area contributed by atoms with Gasteiger partial charge in [-0.05, 0) is 40.2 Å². The van der Waals surface area contributed by atoms with Crippen molar-refractivity contribution in [2.75, 3.05) is 25.4 Å². The van der Waals surface area contributed by atoms with Crippen molar-refractivity contribution in [1.82, 2.24) is 10.6 Å². The fraction of sp³-hybridized carbons (Fsp3) is 0.917. The van der Waals surface area contributed by atoms with Gasteiger partial charge in [-0.25, -0.2) is 0 Å². The number of carbonyl (C=O) groups excluding carboxylic acids is 1. The monoisotopic (exact) mass is 296 g/mol. The smallest absolute Gasteiger partial charge is 0.224 e. The summed E-state index contributed by atoms with van der Waals surface area (Å²) in [6.45, 7) is 8.16. The Labute approximate surface area is 119 Å². The zero-order valence-electron chi connectivity index (χ0n) is 11.5. The highest BCUT2D eigenvalue weighted by molar-refractivity contribution is 7.86. The van der Waals surface area contributed by atoms with E-state index in [1.165, 1.54) is 0 Å². The molecule has 18 heavy (non-hydrogen) atoms. The quantitative estimate of drug-likeness (QED) is 0.816. The van der Waals surface area contributed by atoms with Crippen molar-refractivity contribution >= 4 is 29.1 Å². The Morgan fingerprint density at radius 2 is 2.11 bits per heavy atom. The molecule has 6 heteroatoms. The highest BCUT2D eigenvalue weighted by Crippen LogP contribution is 2.11. The molecule has 2 atom stereocenters. The number of rotatable bonds is 4. The first-order valence-electron chi connectivity index (χ1n) is 6.28. The van der Waals surface area contributed by atoms with Gasteiger partial charge < -0.3 is 10.6 Å².